The van der Waals surface area contributed by atoms with Crippen molar-refractivity contribution in [3.63, 3.8) is 0 Å². The van der Waals surface area contributed by atoms with Crippen LogP contribution in [0.25, 0.3) is 22.2 Å². The van der Waals surface area contributed by atoms with Gasteiger partial charge in [-0.2, -0.15) is 4.98 Å². The summed E-state index contributed by atoms with van der Waals surface area (Å²) in [6.07, 6.45) is 0. The zero-order chi connectivity index (χ0) is 20.5. The molecule has 3 aromatic rings. The van der Waals surface area contributed by atoms with Gasteiger partial charge in [0.2, 0.25) is 11.6 Å². The Labute approximate surface area is 175 Å². The summed E-state index contributed by atoms with van der Waals surface area (Å²) < 4.78 is 17.5. The van der Waals surface area contributed by atoms with Gasteiger partial charge in [0, 0.05) is 51.9 Å². The summed E-state index contributed by atoms with van der Waals surface area (Å²) in [6.45, 7) is 10.8. The first kappa shape index (κ1) is 19.5. The van der Waals surface area contributed by atoms with Gasteiger partial charge < -0.3 is 23.7 Å². The highest BCUT2D eigenvalue weighted by Gasteiger charge is 2.22. The highest BCUT2D eigenvalue weighted by Crippen LogP contribution is 2.33. The molecule has 0 bridgehead atoms. The third-order valence-corrected chi connectivity index (χ3v) is 5.81. The van der Waals surface area contributed by atoms with Crippen LogP contribution in [0.3, 0.4) is 0 Å². The number of anilines is 1. The molecule has 0 N–H and O–H groups in total. The second-order valence-electron chi connectivity index (χ2n) is 7.97. The molecule has 30 heavy (non-hydrogen) atoms. The highest BCUT2D eigenvalue weighted by molar-refractivity contribution is 6.04. The Morgan fingerprint density at radius 2 is 1.80 bits per heavy atom. The summed E-state index contributed by atoms with van der Waals surface area (Å²) >= 11 is 0. The predicted octanol–water partition coefficient (Wildman–Crippen LogP) is 1.54. The number of fused-ring (bicyclic) bond motifs is 3. The van der Waals surface area contributed by atoms with Crippen LogP contribution >= 0.6 is 0 Å². The third-order valence-electron chi connectivity index (χ3n) is 5.81. The average Bonchev–Trinajstić information content (AvgIpc) is 3.13. The fraction of sp³-hybridized carbons (Fsp3) is 0.571. The smallest absolute Gasteiger partial charge is 0.232 e. The molecule has 160 valence electrons. The summed E-state index contributed by atoms with van der Waals surface area (Å²) in [5.74, 6) is 2.11. The number of furan rings is 1. The largest absolute Gasteiger partial charge is 0.476 e. The highest BCUT2D eigenvalue weighted by atomic mass is 16.5. The van der Waals surface area contributed by atoms with Gasteiger partial charge in [0.15, 0.2) is 11.4 Å². The first-order valence-corrected chi connectivity index (χ1v) is 10.6. The Kier molecular flexibility index (Phi) is 5.41. The summed E-state index contributed by atoms with van der Waals surface area (Å²) in [7, 11) is 2.16. The lowest BCUT2D eigenvalue weighted by atomic mass is 10.2. The van der Waals surface area contributed by atoms with E-state index in [9.17, 15) is 0 Å². The fourth-order valence-electron chi connectivity index (χ4n) is 4.02. The van der Waals surface area contributed by atoms with Crippen molar-refractivity contribution in [3.05, 3.63) is 18.0 Å². The maximum atomic E-state index is 6.13. The van der Waals surface area contributed by atoms with Crippen molar-refractivity contribution in [3.8, 4) is 5.88 Å². The number of rotatable bonds is 5. The maximum absolute atomic E-state index is 6.13. The number of aryl methyl sites for hydroxylation is 1. The predicted molar refractivity (Wildman–Crippen MR) is 114 cm³/mol. The number of likely N-dealkylation sites (N-methyl/N-ethyl adjacent to an activating group) is 1. The molecule has 3 aromatic heterocycles. The van der Waals surface area contributed by atoms with E-state index in [4.69, 9.17) is 13.9 Å². The van der Waals surface area contributed by atoms with Crippen LogP contribution in [-0.4, -0.2) is 97.4 Å². The van der Waals surface area contributed by atoms with E-state index in [0.29, 0.717) is 37.0 Å². The summed E-state index contributed by atoms with van der Waals surface area (Å²) in [5, 5.41) is 0.886. The van der Waals surface area contributed by atoms with E-state index < -0.39 is 0 Å². The number of piperazine rings is 1. The van der Waals surface area contributed by atoms with Crippen molar-refractivity contribution in [2.75, 3.05) is 77.6 Å². The van der Waals surface area contributed by atoms with E-state index in [-0.39, 0.29) is 0 Å². The zero-order valence-electron chi connectivity index (χ0n) is 17.6. The van der Waals surface area contributed by atoms with E-state index in [1.165, 1.54) is 0 Å². The van der Waals surface area contributed by atoms with Gasteiger partial charge in [-0.1, -0.05) is 0 Å². The van der Waals surface area contributed by atoms with Gasteiger partial charge in [0.1, 0.15) is 17.9 Å². The van der Waals surface area contributed by atoms with Gasteiger partial charge in [0.25, 0.3) is 0 Å². The van der Waals surface area contributed by atoms with Gasteiger partial charge in [-0.15, -0.1) is 0 Å². The molecule has 2 saturated heterocycles. The molecule has 5 heterocycles. The maximum Gasteiger partial charge on any atom is 0.232 e. The number of morpholine rings is 1. The topological polar surface area (TPSA) is 80.0 Å². The molecule has 0 unspecified atom stereocenters. The van der Waals surface area contributed by atoms with Crippen LogP contribution in [0.4, 0.5) is 5.82 Å². The van der Waals surface area contributed by atoms with Crippen LogP contribution in [0.2, 0.25) is 0 Å². The lowest BCUT2D eigenvalue weighted by molar-refractivity contribution is 0.122. The van der Waals surface area contributed by atoms with Gasteiger partial charge in [0.05, 0.1) is 18.6 Å². The molecule has 2 fully saturated rings. The lowest BCUT2D eigenvalue weighted by Crippen LogP contribution is -2.45. The van der Waals surface area contributed by atoms with Crippen molar-refractivity contribution in [2.24, 2.45) is 0 Å². The minimum Gasteiger partial charge on any atom is -0.476 e. The monoisotopic (exact) mass is 412 g/mol. The summed E-state index contributed by atoms with van der Waals surface area (Å²) in [6, 6.07) is 3.88. The van der Waals surface area contributed by atoms with Crippen LogP contribution in [-0.2, 0) is 4.74 Å². The van der Waals surface area contributed by atoms with E-state index >= 15 is 0 Å². The average molecular weight is 412 g/mol. The van der Waals surface area contributed by atoms with E-state index in [1.807, 2.05) is 19.1 Å². The summed E-state index contributed by atoms with van der Waals surface area (Å²) in [5.41, 5.74) is 2.02. The Hall–Kier alpha value is -2.49. The molecule has 0 spiro atoms. The number of aromatic nitrogens is 3. The molecule has 0 atom stereocenters. The van der Waals surface area contributed by atoms with Gasteiger partial charge >= 0.3 is 0 Å². The Bertz CT molecular complexity index is 1020. The molecule has 0 aromatic carbocycles. The van der Waals surface area contributed by atoms with Crippen LogP contribution in [0, 0.1) is 6.92 Å². The van der Waals surface area contributed by atoms with Crippen molar-refractivity contribution >= 4 is 28.0 Å². The second-order valence-corrected chi connectivity index (χ2v) is 7.97. The Morgan fingerprint density at radius 3 is 2.60 bits per heavy atom. The number of ether oxygens (including phenoxy) is 2. The van der Waals surface area contributed by atoms with Crippen molar-refractivity contribution < 1.29 is 13.9 Å². The van der Waals surface area contributed by atoms with Crippen LogP contribution < -0.4 is 9.64 Å². The Morgan fingerprint density at radius 1 is 1.00 bits per heavy atom. The molecule has 9 heteroatoms. The molecule has 5 rings (SSSR count). The molecule has 9 nitrogen and oxygen atoms in total. The molecule has 0 radical (unpaired) electrons. The fourth-order valence-corrected chi connectivity index (χ4v) is 4.02. The van der Waals surface area contributed by atoms with E-state index in [2.05, 4.69) is 36.7 Å². The van der Waals surface area contributed by atoms with Gasteiger partial charge in [-0.3, -0.25) is 4.90 Å². The molecule has 2 aliphatic rings. The lowest BCUT2D eigenvalue weighted by Gasteiger charge is -2.32. The van der Waals surface area contributed by atoms with Crippen molar-refractivity contribution in [1.29, 1.82) is 0 Å². The number of hydrogen-bond donors (Lipinski definition) is 0. The number of nitrogens with zero attached hydrogens (tertiary/aromatic N) is 6. The van der Waals surface area contributed by atoms with Crippen molar-refractivity contribution in [1.82, 2.24) is 24.8 Å². The molecular weight excluding hydrogens is 384 g/mol. The normalized spacial score (nSPS) is 19.1. The minimum atomic E-state index is 0.538. The van der Waals surface area contributed by atoms with E-state index in [0.717, 1.165) is 68.4 Å². The first-order chi connectivity index (χ1) is 14.7. The quantitative estimate of drug-likeness (QED) is 0.620. The molecule has 0 saturated carbocycles. The minimum absolute atomic E-state index is 0.538. The van der Waals surface area contributed by atoms with Crippen LogP contribution in [0.1, 0.15) is 5.82 Å². The number of pyridine rings is 1. The first-order valence-electron chi connectivity index (χ1n) is 10.6. The summed E-state index contributed by atoms with van der Waals surface area (Å²) in [4.78, 5) is 20.8. The van der Waals surface area contributed by atoms with Crippen LogP contribution in [0.5, 0.6) is 5.88 Å². The van der Waals surface area contributed by atoms with E-state index in [1.54, 1.807) is 0 Å². The third kappa shape index (κ3) is 3.92. The number of hydrogen-bond acceptors (Lipinski definition) is 9. The van der Waals surface area contributed by atoms with Crippen molar-refractivity contribution in [2.45, 2.75) is 6.92 Å². The Balaban J connectivity index is 1.36. The molecule has 2 aliphatic heterocycles. The van der Waals surface area contributed by atoms with Crippen LogP contribution in [0.15, 0.2) is 16.5 Å². The molecule has 0 amide bonds. The zero-order valence-corrected chi connectivity index (χ0v) is 17.6. The SMILES string of the molecule is Cc1nc(N2CCOCC2)c2oc3nc(OCCN4CCN(C)CC4)ccc3c2n1. The van der Waals surface area contributed by atoms with Gasteiger partial charge in [-0.25, -0.2) is 9.97 Å². The standard InChI is InChI=1S/C21H28N6O3/c1-15-22-18-16-3-4-17(29-14-9-26-7-5-25(2)6-8-26)24-21(16)30-19(18)20(23-15)27-10-12-28-13-11-27/h3-4H,5-14H2,1-2H3. The van der Waals surface area contributed by atoms with Gasteiger partial charge in [-0.05, 0) is 20.0 Å². The molecular formula is C21H28N6O3. The second kappa shape index (κ2) is 8.33. The molecule has 0 aliphatic carbocycles.